The molecule has 3 rings (SSSR count). The lowest BCUT2D eigenvalue weighted by molar-refractivity contribution is 0.102. The number of aryl methyl sites for hydroxylation is 2. The molecular formula is C14H14ClN7OS. The van der Waals surface area contributed by atoms with Crippen LogP contribution in [0.2, 0.25) is 5.15 Å². The predicted octanol–water partition coefficient (Wildman–Crippen LogP) is 2.33. The Balaban J connectivity index is 1.89. The maximum atomic E-state index is 12.5. The minimum Gasteiger partial charge on any atom is -0.322 e. The van der Waals surface area contributed by atoms with Crippen molar-refractivity contribution in [2.24, 2.45) is 7.05 Å². The van der Waals surface area contributed by atoms with Crippen LogP contribution in [0.25, 0.3) is 5.69 Å². The average Bonchev–Trinajstić information content (AvgIpc) is 3.12. The Morgan fingerprint density at radius 2 is 2.17 bits per heavy atom. The third-order valence-electron chi connectivity index (χ3n) is 3.35. The first kappa shape index (κ1) is 16.5. The van der Waals surface area contributed by atoms with E-state index in [9.17, 15) is 4.79 Å². The van der Waals surface area contributed by atoms with E-state index in [-0.39, 0.29) is 5.91 Å². The minimum absolute atomic E-state index is 0.298. The van der Waals surface area contributed by atoms with Gasteiger partial charge in [-0.1, -0.05) is 29.4 Å². The van der Waals surface area contributed by atoms with E-state index >= 15 is 0 Å². The van der Waals surface area contributed by atoms with Crippen LogP contribution >= 0.6 is 23.4 Å². The molecule has 0 saturated heterocycles. The molecule has 0 aliphatic rings. The van der Waals surface area contributed by atoms with Crippen molar-refractivity contribution in [2.45, 2.75) is 12.1 Å². The summed E-state index contributed by atoms with van der Waals surface area (Å²) in [6.45, 7) is 1.74. The molecule has 0 bridgehead atoms. The van der Waals surface area contributed by atoms with Crippen LogP contribution in [0.4, 0.5) is 5.69 Å². The Hall–Kier alpha value is -2.39. The van der Waals surface area contributed by atoms with Gasteiger partial charge in [0.25, 0.3) is 5.91 Å². The summed E-state index contributed by atoms with van der Waals surface area (Å²) in [5.41, 5.74) is 2.29. The first-order chi connectivity index (χ1) is 11.5. The Bertz CT molecular complexity index is 904. The number of rotatable bonds is 4. The number of tetrazole rings is 1. The second kappa shape index (κ2) is 6.62. The number of nitrogens with zero attached hydrogens (tertiary/aromatic N) is 6. The van der Waals surface area contributed by atoms with Gasteiger partial charge >= 0.3 is 0 Å². The van der Waals surface area contributed by atoms with Crippen LogP contribution in [0.1, 0.15) is 16.1 Å². The highest BCUT2D eigenvalue weighted by Gasteiger charge is 2.19. The minimum atomic E-state index is -0.315. The first-order valence-corrected chi connectivity index (χ1v) is 8.54. The molecule has 0 unspecified atom stereocenters. The molecule has 0 aliphatic heterocycles. The molecule has 1 N–H and O–H groups in total. The second-order valence-electron chi connectivity index (χ2n) is 4.96. The van der Waals surface area contributed by atoms with E-state index in [2.05, 4.69) is 25.9 Å². The molecule has 0 radical (unpaired) electrons. The first-order valence-electron chi connectivity index (χ1n) is 6.94. The van der Waals surface area contributed by atoms with Gasteiger partial charge in [-0.15, -0.1) is 5.10 Å². The van der Waals surface area contributed by atoms with Crippen LogP contribution in [0.3, 0.4) is 0 Å². The number of carbonyl (C=O) groups excluding carboxylic acids is 1. The lowest BCUT2D eigenvalue weighted by atomic mass is 10.2. The number of hydrogen-bond donors (Lipinski definition) is 1. The van der Waals surface area contributed by atoms with Crippen molar-refractivity contribution in [1.29, 1.82) is 0 Å². The molecule has 124 valence electrons. The Labute approximate surface area is 147 Å². The molecule has 0 aliphatic carbocycles. The van der Waals surface area contributed by atoms with Gasteiger partial charge in [0.2, 0.25) is 5.16 Å². The van der Waals surface area contributed by atoms with Gasteiger partial charge in [0.15, 0.2) is 0 Å². The standard InChI is InChI=1S/C14H14ClN7OS/c1-8-11(12(15)21(2)18-8)13(23)16-9-5-4-6-10(7-9)22-14(24-3)17-19-20-22/h4-7H,1-3H3,(H,16,23). The van der Waals surface area contributed by atoms with E-state index in [1.165, 1.54) is 16.4 Å². The van der Waals surface area contributed by atoms with E-state index in [0.29, 0.717) is 27.3 Å². The summed E-state index contributed by atoms with van der Waals surface area (Å²) >= 11 is 7.56. The average molecular weight is 364 g/mol. The molecule has 2 heterocycles. The summed E-state index contributed by atoms with van der Waals surface area (Å²) in [6.07, 6.45) is 1.89. The van der Waals surface area contributed by atoms with Gasteiger partial charge in [0.05, 0.1) is 16.9 Å². The van der Waals surface area contributed by atoms with Crippen LogP contribution in [0, 0.1) is 6.92 Å². The summed E-state index contributed by atoms with van der Waals surface area (Å²) in [5, 5.41) is 19.5. The van der Waals surface area contributed by atoms with Crippen LogP contribution in [-0.4, -0.2) is 42.2 Å². The molecular weight excluding hydrogens is 350 g/mol. The summed E-state index contributed by atoms with van der Waals surface area (Å²) in [7, 11) is 1.69. The number of amides is 1. The van der Waals surface area contributed by atoms with Crippen molar-refractivity contribution in [3.63, 3.8) is 0 Å². The number of benzene rings is 1. The molecule has 2 aromatic heterocycles. The molecule has 24 heavy (non-hydrogen) atoms. The van der Waals surface area contributed by atoms with Crippen LogP contribution in [0.15, 0.2) is 29.4 Å². The number of thioether (sulfide) groups is 1. The molecule has 0 saturated carbocycles. The van der Waals surface area contributed by atoms with Gasteiger partial charge in [0.1, 0.15) is 5.15 Å². The molecule has 1 amide bonds. The molecule has 3 aromatic rings. The second-order valence-corrected chi connectivity index (χ2v) is 6.09. The topological polar surface area (TPSA) is 90.5 Å². The van der Waals surface area contributed by atoms with Crippen molar-refractivity contribution in [3.05, 3.63) is 40.7 Å². The molecule has 0 atom stereocenters. The zero-order valence-electron chi connectivity index (χ0n) is 13.2. The van der Waals surface area contributed by atoms with Crippen molar-refractivity contribution < 1.29 is 4.79 Å². The van der Waals surface area contributed by atoms with Gasteiger partial charge in [-0.25, -0.2) is 0 Å². The lowest BCUT2D eigenvalue weighted by Crippen LogP contribution is -2.13. The normalized spacial score (nSPS) is 10.8. The van der Waals surface area contributed by atoms with Gasteiger partial charge < -0.3 is 5.32 Å². The summed E-state index contributed by atoms with van der Waals surface area (Å²) in [6, 6.07) is 7.24. The number of halogens is 1. The quantitative estimate of drug-likeness (QED) is 0.715. The van der Waals surface area contributed by atoms with E-state index in [4.69, 9.17) is 11.6 Å². The van der Waals surface area contributed by atoms with Crippen LogP contribution < -0.4 is 5.32 Å². The van der Waals surface area contributed by atoms with E-state index < -0.39 is 0 Å². The molecule has 0 fully saturated rings. The Kier molecular flexibility index (Phi) is 4.54. The van der Waals surface area contributed by atoms with E-state index in [1.54, 1.807) is 30.8 Å². The van der Waals surface area contributed by atoms with Gasteiger partial charge in [0, 0.05) is 12.7 Å². The molecule has 8 nitrogen and oxygen atoms in total. The number of carbonyl (C=O) groups is 1. The van der Waals surface area contributed by atoms with Crippen molar-refractivity contribution in [1.82, 2.24) is 30.0 Å². The summed E-state index contributed by atoms with van der Waals surface area (Å²) in [5.74, 6) is -0.315. The van der Waals surface area contributed by atoms with Gasteiger partial charge in [-0.2, -0.15) is 9.78 Å². The largest absolute Gasteiger partial charge is 0.322 e. The monoisotopic (exact) mass is 363 g/mol. The molecule has 0 spiro atoms. The molecule has 10 heteroatoms. The smallest absolute Gasteiger partial charge is 0.260 e. The fraction of sp³-hybridized carbons (Fsp3) is 0.214. The maximum absolute atomic E-state index is 12.5. The number of hydrogen-bond acceptors (Lipinski definition) is 6. The van der Waals surface area contributed by atoms with Crippen molar-refractivity contribution in [3.8, 4) is 5.69 Å². The Morgan fingerprint density at radius 3 is 2.83 bits per heavy atom. The highest BCUT2D eigenvalue weighted by atomic mass is 35.5. The summed E-state index contributed by atoms with van der Waals surface area (Å²) in [4.78, 5) is 12.5. The lowest BCUT2D eigenvalue weighted by Gasteiger charge is -2.08. The maximum Gasteiger partial charge on any atom is 0.260 e. The molecule has 1 aromatic carbocycles. The van der Waals surface area contributed by atoms with E-state index in [0.717, 1.165) is 5.69 Å². The van der Waals surface area contributed by atoms with Gasteiger partial charge in [-0.3, -0.25) is 9.48 Å². The fourth-order valence-corrected chi connectivity index (χ4v) is 2.96. The van der Waals surface area contributed by atoms with Crippen LogP contribution in [-0.2, 0) is 7.05 Å². The fourth-order valence-electron chi connectivity index (χ4n) is 2.27. The van der Waals surface area contributed by atoms with Crippen LogP contribution in [0.5, 0.6) is 0 Å². The highest BCUT2D eigenvalue weighted by molar-refractivity contribution is 7.98. The Morgan fingerprint density at radius 1 is 1.38 bits per heavy atom. The predicted molar refractivity (Wildman–Crippen MR) is 91.8 cm³/mol. The van der Waals surface area contributed by atoms with E-state index in [1.807, 2.05) is 18.4 Å². The number of nitrogens with one attached hydrogen (secondary N) is 1. The number of aromatic nitrogens is 6. The summed E-state index contributed by atoms with van der Waals surface area (Å²) < 4.78 is 3.07. The SMILES string of the molecule is CSc1nnnn1-c1cccc(NC(=O)c2c(C)nn(C)c2Cl)c1. The van der Waals surface area contributed by atoms with Crippen molar-refractivity contribution in [2.75, 3.05) is 11.6 Å². The zero-order valence-corrected chi connectivity index (χ0v) is 14.8. The third kappa shape index (κ3) is 3.00. The van der Waals surface area contributed by atoms with Crippen molar-refractivity contribution >= 4 is 35.0 Å². The van der Waals surface area contributed by atoms with Gasteiger partial charge in [-0.05, 0) is 41.8 Å². The third-order valence-corrected chi connectivity index (χ3v) is 4.40. The zero-order chi connectivity index (χ0) is 17.3. The number of anilines is 1. The highest BCUT2D eigenvalue weighted by Crippen LogP contribution is 2.22.